The zero-order valence-corrected chi connectivity index (χ0v) is 21.4. The average molecular weight is 563 g/mol. The molecule has 2 saturated heterocycles. The molecule has 2 aliphatic heterocycles. The maximum atomic E-state index is 13.7. The molecule has 13 nitrogen and oxygen atoms in total. The number of halogens is 1. The summed E-state index contributed by atoms with van der Waals surface area (Å²) in [5.41, 5.74) is 0. The van der Waals surface area contributed by atoms with Gasteiger partial charge in [-0.3, -0.25) is 9.05 Å². The van der Waals surface area contributed by atoms with Crippen molar-refractivity contribution >= 4 is 7.82 Å². The Bertz CT molecular complexity index is 714. The van der Waals surface area contributed by atoms with Crippen molar-refractivity contribution in [3.05, 3.63) is 12.7 Å². The lowest BCUT2D eigenvalue weighted by atomic mass is 9.97. The van der Waals surface area contributed by atoms with E-state index in [4.69, 9.17) is 23.3 Å². The Morgan fingerprint density at radius 2 is 1.43 bits per heavy atom. The number of hydrogen-bond acceptors (Lipinski definition) is 12. The molecule has 0 amide bonds. The van der Waals surface area contributed by atoms with Crippen molar-refractivity contribution in [2.75, 3.05) is 19.9 Å². The maximum absolute atomic E-state index is 13.7. The molecule has 2 heterocycles. The molecule has 0 bridgehead atoms. The van der Waals surface area contributed by atoms with Gasteiger partial charge in [-0.1, -0.05) is 31.8 Å². The lowest BCUT2D eigenvalue weighted by Crippen LogP contribution is -2.64. The molecular weight excluding hydrogens is 522 g/mol. The largest absolute Gasteiger partial charge is 0.474 e. The molecule has 0 aromatic rings. The van der Waals surface area contributed by atoms with Gasteiger partial charge in [0.05, 0.1) is 13.2 Å². The minimum Gasteiger partial charge on any atom is -0.394 e. The third-order valence-electron chi connectivity index (χ3n) is 6.23. The van der Waals surface area contributed by atoms with Crippen LogP contribution in [0.3, 0.4) is 0 Å². The Hall–Kier alpha value is -0.580. The third kappa shape index (κ3) is 9.53. The lowest BCUT2D eigenvalue weighted by molar-refractivity contribution is -0.352. The fourth-order valence-electron chi connectivity index (χ4n) is 4.06. The van der Waals surface area contributed by atoms with Gasteiger partial charge < -0.3 is 49.7 Å². The Balaban J connectivity index is 1.87. The highest BCUT2D eigenvalue weighted by Crippen LogP contribution is 2.47. The molecule has 0 aliphatic carbocycles. The minimum atomic E-state index is -4.75. The standard InChI is InChI=1S/C22H40FO13P/c1-2-3-4-5-6-7-8-9-10-32-37(30,31)36-22-19(29)17(27)20(13(11-23)33-22)35-21-18(28)16(26)15(25)14(12-24)34-21/h2,13-22,24-29H,1,3-12H2,(H,30,31)/t13-,14-,15+,16+,17-,18-,19+,20-,21+,22-/m1/s1. The maximum Gasteiger partial charge on any atom is 0.474 e. The zero-order chi connectivity index (χ0) is 27.6. The van der Waals surface area contributed by atoms with E-state index in [0.717, 1.165) is 38.5 Å². The van der Waals surface area contributed by atoms with Crippen molar-refractivity contribution in [1.29, 1.82) is 0 Å². The molecular formula is C22H40FO13P. The van der Waals surface area contributed by atoms with E-state index in [9.17, 15) is 44.5 Å². The van der Waals surface area contributed by atoms with E-state index in [0.29, 0.717) is 6.42 Å². The van der Waals surface area contributed by atoms with Crippen LogP contribution >= 0.6 is 7.82 Å². The Kier molecular flexibility index (Phi) is 14.0. The van der Waals surface area contributed by atoms with E-state index >= 15 is 0 Å². The summed E-state index contributed by atoms with van der Waals surface area (Å²) in [5, 5.41) is 60.0. The first kappa shape index (κ1) is 32.6. The van der Waals surface area contributed by atoms with Crippen molar-refractivity contribution in [3.63, 3.8) is 0 Å². The number of phosphoric acid groups is 1. The summed E-state index contributed by atoms with van der Waals surface area (Å²) in [6.07, 6.45) is -9.53. The molecule has 2 rings (SSSR count). The summed E-state index contributed by atoms with van der Waals surface area (Å²) in [4.78, 5) is 9.98. The molecule has 7 N–H and O–H groups in total. The van der Waals surface area contributed by atoms with Crippen LogP contribution in [0.4, 0.5) is 4.39 Å². The van der Waals surface area contributed by atoms with Gasteiger partial charge in [0.25, 0.3) is 0 Å². The molecule has 0 aromatic carbocycles. The second kappa shape index (κ2) is 15.9. The SMILES string of the molecule is C=CCCCCCCCCOP(=O)(O)O[C@H]1O[C@H](CF)[C@@H](O[C@@H]2O[C@H](CO)[C@H](O)[C@H](O)[C@H]2O)[C@H](O)[C@@H]1O. The van der Waals surface area contributed by atoms with Crippen LogP contribution in [-0.4, -0.2) is 117 Å². The summed E-state index contributed by atoms with van der Waals surface area (Å²) in [6, 6.07) is 0. The number of unbranched alkanes of at least 4 members (excludes halogenated alkanes) is 6. The number of ether oxygens (including phenoxy) is 3. The van der Waals surface area contributed by atoms with Gasteiger partial charge in [-0.2, -0.15) is 0 Å². The van der Waals surface area contributed by atoms with Gasteiger partial charge in [-0.15, -0.1) is 6.58 Å². The monoisotopic (exact) mass is 562 g/mol. The second-order valence-corrected chi connectivity index (χ2v) is 10.5. The van der Waals surface area contributed by atoms with E-state index in [1.165, 1.54) is 0 Å². The number of alkyl halides is 1. The Labute approximate surface area is 215 Å². The fraction of sp³-hybridized carbons (Fsp3) is 0.909. The van der Waals surface area contributed by atoms with Gasteiger partial charge in [0.15, 0.2) is 12.6 Å². The molecule has 0 spiro atoms. The number of aliphatic hydroxyl groups excluding tert-OH is 6. The van der Waals surface area contributed by atoms with Crippen LogP contribution in [0.25, 0.3) is 0 Å². The summed E-state index contributed by atoms with van der Waals surface area (Å²) < 4.78 is 51.4. The molecule has 2 aliphatic rings. The predicted octanol–water partition coefficient (Wildman–Crippen LogP) is -0.362. The van der Waals surface area contributed by atoms with E-state index in [-0.39, 0.29) is 6.61 Å². The van der Waals surface area contributed by atoms with Crippen LogP contribution in [0, 0.1) is 0 Å². The highest BCUT2D eigenvalue weighted by Gasteiger charge is 2.52. The van der Waals surface area contributed by atoms with Crippen LogP contribution in [0.2, 0.25) is 0 Å². The van der Waals surface area contributed by atoms with Crippen molar-refractivity contribution in [2.24, 2.45) is 0 Å². The van der Waals surface area contributed by atoms with Gasteiger partial charge in [-0.05, 0) is 19.3 Å². The number of allylic oxidation sites excluding steroid dienone is 1. The molecule has 0 saturated carbocycles. The van der Waals surface area contributed by atoms with Crippen molar-refractivity contribution in [1.82, 2.24) is 0 Å². The zero-order valence-electron chi connectivity index (χ0n) is 20.5. The van der Waals surface area contributed by atoms with Crippen LogP contribution < -0.4 is 0 Å². The van der Waals surface area contributed by atoms with Crippen LogP contribution in [-0.2, 0) is 27.8 Å². The van der Waals surface area contributed by atoms with Crippen LogP contribution in [0.5, 0.6) is 0 Å². The lowest BCUT2D eigenvalue weighted by Gasteiger charge is -2.45. The molecule has 15 heteroatoms. The second-order valence-electron chi connectivity index (χ2n) is 9.08. The van der Waals surface area contributed by atoms with Gasteiger partial charge in [-0.25, -0.2) is 8.96 Å². The predicted molar refractivity (Wildman–Crippen MR) is 125 cm³/mol. The quantitative estimate of drug-likeness (QED) is 0.0730. The summed E-state index contributed by atoms with van der Waals surface area (Å²) in [6.45, 7) is 1.49. The summed E-state index contributed by atoms with van der Waals surface area (Å²) in [5.74, 6) is 0. The highest BCUT2D eigenvalue weighted by molar-refractivity contribution is 7.47. The third-order valence-corrected chi connectivity index (χ3v) is 7.21. The minimum absolute atomic E-state index is 0.110. The van der Waals surface area contributed by atoms with E-state index in [2.05, 4.69) is 6.58 Å². The normalized spacial score (nSPS) is 38.3. The number of rotatable bonds is 16. The van der Waals surface area contributed by atoms with E-state index in [1.807, 2.05) is 6.08 Å². The fourth-order valence-corrected chi connectivity index (χ4v) is 4.92. The van der Waals surface area contributed by atoms with Crippen molar-refractivity contribution in [3.8, 4) is 0 Å². The molecule has 218 valence electrons. The first-order chi connectivity index (χ1) is 17.6. The van der Waals surface area contributed by atoms with E-state index in [1.54, 1.807) is 0 Å². The molecule has 0 aromatic heterocycles. The van der Waals surface area contributed by atoms with Crippen LogP contribution in [0.1, 0.15) is 44.9 Å². The first-order valence-corrected chi connectivity index (χ1v) is 13.9. The van der Waals surface area contributed by atoms with Crippen LogP contribution in [0.15, 0.2) is 12.7 Å². The van der Waals surface area contributed by atoms with Gasteiger partial charge in [0, 0.05) is 0 Å². The molecule has 37 heavy (non-hydrogen) atoms. The van der Waals surface area contributed by atoms with E-state index < -0.39 is 82.5 Å². The summed E-state index contributed by atoms with van der Waals surface area (Å²) >= 11 is 0. The average Bonchev–Trinajstić information content (AvgIpc) is 2.87. The Morgan fingerprint density at radius 1 is 0.838 bits per heavy atom. The number of aliphatic hydroxyl groups is 6. The molecule has 2 fully saturated rings. The number of hydrogen-bond donors (Lipinski definition) is 7. The molecule has 11 atom stereocenters. The number of phosphoric ester groups is 1. The highest BCUT2D eigenvalue weighted by atomic mass is 31.2. The Morgan fingerprint density at radius 3 is 2.05 bits per heavy atom. The van der Waals surface area contributed by atoms with Crippen molar-refractivity contribution < 1.29 is 67.7 Å². The molecule has 0 radical (unpaired) electrons. The molecule has 1 unspecified atom stereocenters. The summed E-state index contributed by atoms with van der Waals surface area (Å²) in [7, 11) is -4.75. The topological polar surface area (TPSA) is 205 Å². The van der Waals surface area contributed by atoms with Gasteiger partial charge in [0.1, 0.15) is 55.5 Å². The van der Waals surface area contributed by atoms with Gasteiger partial charge >= 0.3 is 7.82 Å². The first-order valence-electron chi connectivity index (χ1n) is 12.4. The van der Waals surface area contributed by atoms with Gasteiger partial charge in [0.2, 0.25) is 0 Å². The smallest absolute Gasteiger partial charge is 0.394 e. The van der Waals surface area contributed by atoms with Crippen molar-refractivity contribution in [2.45, 2.75) is 106 Å².